The molecule has 1 amide bonds. The Bertz CT molecular complexity index is 1100. The molecular formula is C21H19ClN2O3S. The lowest BCUT2D eigenvalue weighted by Gasteiger charge is -2.12. The van der Waals surface area contributed by atoms with Gasteiger partial charge in [-0.1, -0.05) is 54.1 Å². The molecule has 2 N–H and O–H groups in total. The van der Waals surface area contributed by atoms with E-state index in [2.05, 4.69) is 10.0 Å². The van der Waals surface area contributed by atoms with Crippen molar-refractivity contribution in [2.24, 2.45) is 0 Å². The predicted octanol–water partition coefficient (Wildman–Crippen LogP) is 4.38. The molecule has 0 aliphatic heterocycles. The Morgan fingerprint density at radius 1 is 0.964 bits per heavy atom. The largest absolute Gasteiger partial charge is 0.348 e. The van der Waals surface area contributed by atoms with Crippen LogP contribution >= 0.6 is 11.6 Å². The average Bonchev–Trinajstić information content (AvgIpc) is 2.69. The van der Waals surface area contributed by atoms with E-state index in [4.69, 9.17) is 11.6 Å². The van der Waals surface area contributed by atoms with Crippen LogP contribution < -0.4 is 10.0 Å². The lowest BCUT2D eigenvalue weighted by atomic mass is 10.1. The highest BCUT2D eigenvalue weighted by Crippen LogP contribution is 2.23. The maximum Gasteiger partial charge on any atom is 0.261 e. The van der Waals surface area contributed by atoms with E-state index in [1.165, 1.54) is 30.3 Å². The summed E-state index contributed by atoms with van der Waals surface area (Å²) in [6, 6.07) is 20.2. The fourth-order valence-electron chi connectivity index (χ4n) is 2.66. The minimum atomic E-state index is -3.75. The maximum atomic E-state index is 12.6. The third kappa shape index (κ3) is 4.71. The highest BCUT2D eigenvalue weighted by atomic mass is 35.5. The number of halogens is 1. The molecule has 7 heteroatoms. The second-order valence-electron chi connectivity index (χ2n) is 6.22. The van der Waals surface area contributed by atoms with Crippen LogP contribution in [0.2, 0.25) is 5.02 Å². The highest BCUT2D eigenvalue weighted by molar-refractivity contribution is 7.92. The van der Waals surface area contributed by atoms with E-state index >= 15 is 0 Å². The molecule has 0 atom stereocenters. The lowest BCUT2D eigenvalue weighted by Crippen LogP contribution is -2.24. The summed E-state index contributed by atoms with van der Waals surface area (Å²) >= 11 is 6.15. The summed E-state index contributed by atoms with van der Waals surface area (Å²) < 4.78 is 27.4. The van der Waals surface area contributed by atoms with Gasteiger partial charge in [-0.15, -0.1) is 0 Å². The lowest BCUT2D eigenvalue weighted by molar-refractivity contribution is 0.0951. The van der Waals surface area contributed by atoms with Gasteiger partial charge < -0.3 is 5.32 Å². The molecule has 0 spiro atoms. The molecule has 0 aromatic heterocycles. The molecule has 5 nitrogen and oxygen atoms in total. The van der Waals surface area contributed by atoms with E-state index in [0.717, 1.165) is 11.1 Å². The fourth-order valence-corrected chi connectivity index (χ4v) is 3.93. The fraction of sp³-hybridized carbons (Fsp3) is 0.0952. The normalized spacial score (nSPS) is 11.1. The second kappa shape index (κ2) is 8.46. The van der Waals surface area contributed by atoms with Gasteiger partial charge in [0.25, 0.3) is 15.9 Å². The summed E-state index contributed by atoms with van der Waals surface area (Å²) in [4.78, 5) is 12.7. The Morgan fingerprint density at radius 2 is 1.64 bits per heavy atom. The third-order valence-electron chi connectivity index (χ3n) is 4.22. The quantitative estimate of drug-likeness (QED) is 0.628. The molecule has 3 aromatic carbocycles. The average molecular weight is 415 g/mol. The molecule has 0 saturated heterocycles. The molecule has 0 aliphatic carbocycles. The summed E-state index contributed by atoms with van der Waals surface area (Å²) in [6.07, 6.45) is 0. The summed E-state index contributed by atoms with van der Waals surface area (Å²) in [7, 11) is -3.75. The molecule has 144 valence electrons. The van der Waals surface area contributed by atoms with E-state index in [0.29, 0.717) is 6.54 Å². The monoisotopic (exact) mass is 414 g/mol. The van der Waals surface area contributed by atoms with Crippen molar-refractivity contribution in [3.8, 4) is 0 Å². The number of aryl methyl sites for hydroxylation is 1. The molecule has 0 fully saturated rings. The van der Waals surface area contributed by atoms with E-state index in [-0.39, 0.29) is 27.1 Å². The number of hydrogen-bond donors (Lipinski definition) is 2. The first-order valence-corrected chi connectivity index (χ1v) is 10.4. The number of carbonyl (C=O) groups excluding carboxylic acids is 1. The van der Waals surface area contributed by atoms with Crippen molar-refractivity contribution in [3.05, 3.63) is 94.5 Å². The first-order valence-electron chi connectivity index (χ1n) is 8.57. The van der Waals surface area contributed by atoms with Crippen molar-refractivity contribution in [2.45, 2.75) is 18.4 Å². The maximum absolute atomic E-state index is 12.6. The van der Waals surface area contributed by atoms with Crippen LogP contribution in [0.3, 0.4) is 0 Å². The summed E-state index contributed by atoms with van der Waals surface area (Å²) in [5.74, 6) is -0.381. The minimum Gasteiger partial charge on any atom is -0.348 e. The number of carbonyl (C=O) groups is 1. The van der Waals surface area contributed by atoms with Crippen LogP contribution in [0.15, 0.2) is 77.7 Å². The van der Waals surface area contributed by atoms with E-state index in [1.807, 2.05) is 31.2 Å². The van der Waals surface area contributed by atoms with Gasteiger partial charge in [0.15, 0.2) is 0 Å². The minimum absolute atomic E-state index is 0.135. The number of rotatable bonds is 6. The summed E-state index contributed by atoms with van der Waals surface area (Å²) in [5.41, 5.74) is 2.52. The zero-order chi connectivity index (χ0) is 20.1. The number of nitrogens with one attached hydrogen (secondary N) is 2. The van der Waals surface area contributed by atoms with E-state index < -0.39 is 10.0 Å². The number of benzene rings is 3. The Hall–Kier alpha value is -2.83. The Kier molecular flexibility index (Phi) is 6.02. The topological polar surface area (TPSA) is 75.3 Å². The van der Waals surface area contributed by atoms with Gasteiger partial charge in [0.05, 0.1) is 15.5 Å². The molecule has 3 aromatic rings. The Balaban J connectivity index is 1.78. The Morgan fingerprint density at radius 3 is 2.36 bits per heavy atom. The molecule has 28 heavy (non-hydrogen) atoms. The predicted molar refractivity (Wildman–Crippen MR) is 111 cm³/mol. The highest BCUT2D eigenvalue weighted by Gasteiger charge is 2.16. The molecule has 0 radical (unpaired) electrons. The van der Waals surface area contributed by atoms with E-state index in [1.54, 1.807) is 18.2 Å². The molecule has 0 bridgehead atoms. The number of hydrogen-bond acceptors (Lipinski definition) is 3. The van der Waals surface area contributed by atoms with Crippen LogP contribution in [-0.2, 0) is 16.6 Å². The van der Waals surface area contributed by atoms with Crippen LogP contribution in [0.25, 0.3) is 0 Å². The summed E-state index contributed by atoms with van der Waals surface area (Å²) in [5, 5.41) is 3.06. The second-order valence-corrected chi connectivity index (χ2v) is 8.31. The third-order valence-corrected chi connectivity index (χ3v) is 5.94. The van der Waals surface area contributed by atoms with Gasteiger partial charge in [0.1, 0.15) is 0 Å². The summed E-state index contributed by atoms with van der Waals surface area (Å²) in [6.45, 7) is 2.31. The van der Waals surface area contributed by atoms with Gasteiger partial charge in [0.2, 0.25) is 0 Å². The molecule has 3 rings (SSSR count). The molecule has 0 unspecified atom stereocenters. The number of sulfonamides is 1. The van der Waals surface area contributed by atoms with Gasteiger partial charge >= 0.3 is 0 Å². The van der Waals surface area contributed by atoms with Crippen molar-refractivity contribution in [2.75, 3.05) is 4.72 Å². The molecule has 0 heterocycles. The van der Waals surface area contributed by atoms with Crippen LogP contribution in [0.4, 0.5) is 5.69 Å². The Labute approximate surface area is 169 Å². The van der Waals surface area contributed by atoms with Crippen LogP contribution in [-0.4, -0.2) is 14.3 Å². The van der Waals surface area contributed by atoms with Gasteiger partial charge in [0, 0.05) is 12.2 Å². The van der Waals surface area contributed by atoms with Crippen molar-refractivity contribution >= 4 is 33.2 Å². The molecule has 0 aliphatic rings. The van der Waals surface area contributed by atoms with Crippen LogP contribution in [0, 0.1) is 6.92 Å². The van der Waals surface area contributed by atoms with E-state index in [9.17, 15) is 13.2 Å². The SMILES string of the molecule is Cc1ccccc1CNC(=O)c1cc(NS(=O)(=O)c2ccccc2)ccc1Cl. The van der Waals surface area contributed by atoms with Gasteiger partial charge in [-0.05, 0) is 48.4 Å². The van der Waals surface area contributed by atoms with Crippen LogP contribution in [0.5, 0.6) is 0 Å². The van der Waals surface area contributed by atoms with Crippen molar-refractivity contribution in [1.82, 2.24) is 5.32 Å². The standard InChI is InChI=1S/C21H19ClN2O3S/c1-15-7-5-6-8-16(15)14-23-21(25)19-13-17(11-12-20(19)22)24-28(26,27)18-9-3-2-4-10-18/h2-13,24H,14H2,1H3,(H,23,25). The van der Waals surface area contributed by atoms with Gasteiger partial charge in [-0.2, -0.15) is 0 Å². The first-order chi connectivity index (χ1) is 13.4. The van der Waals surface area contributed by atoms with Gasteiger partial charge in [-0.3, -0.25) is 9.52 Å². The number of amides is 1. The van der Waals surface area contributed by atoms with Crippen molar-refractivity contribution < 1.29 is 13.2 Å². The zero-order valence-electron chi connectivity index (χ0n) is 15.1. The van der Waals surface area contributed by atoms with Gasteiger partial charge in [-0.25, -0.2) is 8.42 Å². The molecule has 0 saturated carbocycles. The first kappa shape index (κ1) is 19.9. The number of anilines is 1. The smallest absolute Gasteiger partial charge is 0.261 e. The zero-order valence-corrected chi connectivity index (χ0v) is 16.7. The van der Waals surface area contributed by atoms with Crippen molar-refractivity contribution in [1.29, 1.82) is 0 Å². The molecular weight excluding hydrogens is 396 g/mol. The van der Waals surface area contributed by atoms with Crippen molar-refractivity contribution in [3.63, 3.8) is 0 Å². The van der Waals surface area contributed by atoms with Crippen LogP contribution in [0.1, 0.15) is 21.5 Å².